The number of rotatable bonds is 3. The Kier molecular flexibility index (Phi) is 3.12. The average molecular weight is 329 g/mol. The number of fused-ring (bicyclic) bond motifs is 2. The SMILES string of the molecule is O=C(Cn1ncc2cnc(Cl)nc21)Nc1ccn2ncnc2c1. The molecule has 10 heteroatoms. The van der Waals surface area contributed by atoms with Crippen molar-refractivity contribution in [2.24, 2.45) is 0 Å². The lowest BCUT2D eigenvalue weighted by Gasteiger charge is -2.06. The van der Waals surface area contributed by atoms with E-state index in [9.17, 15) is 4.79 Å². The molecule has 0 aromatic carbocycles. The van der Waals surface area contributed by atoms with Crippen LogP contribution in [0.5, 0.6) is 0 Å². The second-order valence-electron chi connectivity index (χ2n) is 4.75. The first kappa shape index (κ1) is 13.6. The predicted octanol–water partition coefficient (Wildman–Crippen LogP) is 1.16. The van der Waals surface area contributed by atoms with Crippen LogP contribution in [0.3, 0.4) is 0 Å². The van der Waals surface area contributed by atoms with E-state index in [1.54, 1.807) is 35.2 Å². The van der Waals surface area contributed by atoms with Crippen molar-refractivity contribution < 1.29 is 4.79 Å². The van der Waals surface area contributed by atoms with Gasteiger partial charge in [-0.3, -0.25) is 4.79 Å². The molecule has 0 fully saturated rings. The van der Waals surface area contributed by atoms with Gasteiger partial charge in [-0.1, -0.05) is 0 Å². The molecule has 0 aliphatic carbocycles. The van der Waals surface area contributed by atoms with Gasteiger partial charge in [0.1, 0.15) is 12.9 Å². The van der Waals surface area contributed by atoms with E-state index in [1.165, 1.54) is 11.0 Å². The summed E-state index contributed by atoms with van der Waals surface area (Å²) >= 11 is 5.78. The van der Waals surface area contributed by atoms with Gasteiger partial charge < -0.3 is 5.32 Å². The molecule has 0 unspecified atom stereocenters. The molecule has 1 N–H and O–H groups in total. The van der Waals surface area contributed by atoms with Crippen LogP contribution in [0.15, 0.2) is 37.1 Å². The Bertz CT molecular complexity index is 1020. The number of carbonyl (C=O) groups excluding carboxylic acids is 1. The van der Waals surface area contributed by atoms with E-state index >= 15 is 0 Å². The summed E-state index contributed by atoms with van der Waals surface area (Å²) in [6.07, 6.45) is 6.31. The number of anilines is 1. The van der Waals surface area contributed by atoms with E-state index < -0.39 is 0 Å². The standard InChI is InChI=1S/C13H9ClN8O/c14-13-15-4-8-5-17-22(12(8)20-13)6-11(23)19-9-1-2-21-10(3-9)16-7-18-21/h1-5,7H,6H2,(H,19,23). The minimum atomic E-state index is -0.242. The van der Waals surface area contributed by atoms with Gasteiger partial charge in [0.25, 0.3) is 0 Å². The van der Waals surface area contributed by atoms with Crippen LogP contribution in [-0.2, 0) is 11.3 Å². The molecule has 0 aliphatic heterocycles. The summed E-state index contributed by atoms with van der Waals surface area (Å²) in [5, 5.41) is 11.7. The maximum Gasteiger partial charge on any atom is 0.246 e. The Morgan fingerprint density at radius 2 is 2.17 bits per heavy atom. The van der Waals surface area contributed by atoms with Crippen LogP contribution in [-0.4, -0.2) is 40.3 Å². The van der Waals surface area contributed by atoms with Gasteiger partial charge in [0, 0.05) is 24.1 Å². The largest absolute Gasteiger partial charge is 0.324 e. The summed E-state index contributed by atoms with van der Waals surface area (Å²) in [7, 11) is 0. The van der Waals surface area contributed by atoms with Gasteiger partial charge in [0.15, 0.2) is 11.3 Å². The zero-order valence-electron chi connectivity index (χ0n) is 11.6. The van der Waals surface area contributed by atoms with Crippen LogP contribution in [0.25, 0.3) is 16.7 Å². The van der Waals surface area contributed by atoms with Crippen LogP contribution in [0.2, 0.25) is 5.28 Å². The fourth-order valence-electron chi connectivity index (χ4n) is 2.19. The fraction of sp³-hybridized carbons (Fsp3) is 0.0769. The normalized spacial score (nSPS) is 11.2. The number of amides is 1. The molecule has 9 nitrogen and oxygen atoms in total. The molecule has 0 bridgehead atoms. The zero-order valence-corrected chi connectivity index (χ0v) is 12.3. The number of carbonyl (C=O) groups is 1. The van der Waals surface area contributed by atoms with Gasteiger partial charge >= 0.3 is 0 Å². The van der Waals surface area contributed by atoms with Gasteiger partial charge in [-0.25, -0.2) is 19.2 Å². The highest BCUT2D eigenvalue weighted by Crippen LogP contribution is 2.13. The Morgan fingerprint density at radius 1 is 1.26 bits per heavy atom. The molecule has 0 radical (unpaired) electrons. The molecule has 4 rings (SSSR count). The van der Waals surface area contributed by atoms with Gasteiger partial charge in [-0.05, 0) is 17.7 Å². The van der Waals surface area contributed by atoms with Crippen molar-refractivity contribution in [1.82, 2.24) is 34.3 Å². The van der Waals surface area contributed by atoms with Gasteiger partial charge in [-0.2, -0.15) is 15.2 Å². The molecule has 0 atom stereocenters. The van der Waals surface area contributed by atoms with Crippen LogP contribution >= 0.6 is 11.6 Å². The number of pyridine rings is 1. The highest BCUT2D eigenvalue weighted by atomic mass is 35.5. The molecule has 4 aromatic heterocycles. The molecule has 4 aromatic rings. The molecular formula is C13H9ClN8O. The van der Waals surface area contributed by atoms with Crippen molar-refractivity contribution >= 4 is 39.9 Å². The maximum atomic E-state index is 12.2. The highest BCUT2D eigenvalue weighted by molar-refractivity contribution is 6.28. The first-order valence-electron chi connectivity index (χ1n) is 6.62. The molecule has 0 spiro atoms. The maximum absolute atomic E-state index is 12.2. The third kappa shape index (κ3) is 2.57. The summed E-state index contributed by atoms with van der Waals surface area (Å²) in [6.45, 7) is 0.00864. The zero-order chi connectivity index (χ0) is 15.8. The van der Waals surface area contributed by atoms with E-state index in [4.69, 9.17) is 11.6 Å². The Labute approximate surface area is 133 Å². The lowest BCUT2D eigenvalue weighted by Crippen LogP contribution is -2.19. The first-order valence-corrected chi connectivity index (χ1v) is 7.00. The Hall–Kier alpha value is -3.07. The number of nitrogens with one attached hydrogen (secondary N) is 1. The van der Waals surface area contributed by atoms with E-state index in [0.717, 1.165) is 0 Å². The van der Waals surface area contributed by atoms with Gasteiger partial charge in [0.05, 0.1) is 11.6 Å². The minimum Gasteiger partial charge on any atom is -0.324 e. The van der Waals surface area contributed by atoms with E-state index in [0.29, 0.717) is 22.4 Å². The third-order valence-electron chi connectivity index (χ3n) is 3.21. The van der Waals surface area contributed by atoms with Gasteiger partial charge in [0.2, 0.25) is 11.2 Å². The lowest BCUT2D eigenvalue weighted by molar-refractivity contribution is -0.116. The van der Waals surface area contributed by atoms with Crippen molar-refractivity contribution in [3.05, 3.63) is 42.3 Å². The topological polar surface area (TPSA) is 103 Å². The first-order chi connectivity index (χ1) is 11.2. The molecule has 4 heterocycles. The van der Waals surface area contributed by atoms with Gasteiger partial charge in [-0.15, -0.1) is 0 Å². The Morgan fingerprint density at radius 3 is 3.09 bits per heavy atom. The predicted molar refractivity (Wildman–Crippen MR) is 81.9 cm³/mol. The van der Waals surface area contributed by atoms with E-state index in [1.807, 2.05) is 0 Å². The quantitative estimate of drug-likeness (QED) is 0.566. The lowest BCUT2D eigenvalue weighted by atomic mass is 10.4. The number of nitrogens with zero attached hydrogens (tertiary/aromatic N) is 7. The van der Waals surface area contributed by atoms with Crippen molar-refractivity contribution in [3.63, 3.8) is 0 Å². The summed E-state index contributed by atoms with van der Waals surface area (Å²) < 4.78 is 3.07. The second kappa shape index (κ2) is 5.29. The van der Waals surface area contributed by atoms with Crippen molar-refractivity contribution in [3.8, 4) is 0 Å². The van der Waals surface area contributed by atoms with Crippen LogP contribution in [0.4, 0.5) is 5.69 Å². The third-order valence-corrected chi connectivity index (χ3v) is 3.39. The molecule has 0 aliphatic rings. The molecule has 0 saturated carbocycles. The van der Waals surface area contributed by atoms with E-state index in [-0.39, 0.29) is 17.7 Å². The summed E-state index contributed by atoms with van der Waals surface area (Å²) in [6, 6.07) is 3.46. The molecule has 1 amide bonds. The van der Waals surface area contributed by atoms with Crippen LogP contribution < -0.4 is 5.32 Å². The number of hydrogen-bond acceptors (Lipinski definition) is 6. The second-order valence-corrected chi connectivity index (χ2v) is 5.08. The van der Waals surface area contributed by atoms with Crippen molar-refractivity contribution in [1.29, 1.82) is 0 Å². The van der Waals surface area contributed by atoms with Crippen LogP contribution in [0, 0.1) is 0 Å². The van der Waals surface area contributed by atoms with E-state index in [2.05, 4.69) is 30.5 Å². The highest BCUT2D eigenvalue weighted by Gasteiger charge is 2.10. The van der Waals surface area contributed by atoms with Crippen molar-refractivity contribution in [2.45, 2.75) is 6.54 Å². The molecule has 23 heavy (non-hydrogen) atoms. The number of aromatic nitrogens is 7. The minimum absolute atomic E-state index is 0.00864. The van der Waals surface area contributed by atoms with Crippen LogP contribution in [0.1, 0.15) is 0 Å². The average Bonchev–Trinajstić information content (AvgIpc) is 3.14. The fourth-order valence-corrected chi connectivity index (χ4v) is 2.32. The number of halogens is 1. The summed E-state index contributed by atoms with van der Waals surface area (Å²) in [4.78, 5) is 24.2. The Balaban J connectivity index is 1.55. The molecule has 0 saturated heterocycles. The monoisotopic (exact) mass is 328 g/mol. The molecule has 114 valence electrons. The smallest absolute Gasteiger partial charge is 0.246 e. The van der Waals surface area contributed by atoms with Crippen molar-refractivity contribution in [2.75, 3.05) is 5.32 Å². The summed E-state index contributed by atoms with van der Waals surface area (Å²) in [5.41, 5.74) is 1.78. The number of hydrogen-bond donors (Lipinski definition) is 1. The summed E-state index contributed by atoms with van der Waals surface area (Å²) in [5.74, 6) is -0.242. The molecular weight excluding hydrogens is 320 g/mol.